The van der Waals surface area contributed by atoms with Crippen LogP contribution in [0, 0.1) is 0 Å². The minimum Gasteiger partial charge on any atom is -0.364 e. The highest BCUT2D eigenvalue weighted by Crippen LogP contribution is 2.11. The summed E-state index contributed by atoms with van der Waals surface area (Å²) in [6, 6.07) is 10.1. The van der Waals surface area contributed by atoms with Crippen LogP contribution in [0.25, 0.3) is 0 Å². The van der Waals surface area contributed by atoms with Gasteiger partial charge in [0.15, 0.2) is 0 Å². The molecule has 3 aromatic heterocycles. The molecule has 0 aliphatic carbocycles. The van der Waals surface area contributed by atoms with Crippen molar-refractivity contribution in [1.82, 2.24) is 15.1 Å². The van der Waals surface area contributed by atoms with Crippen molar-refractivity contribution in [1.29, 1.82) is 0 Å². The average molecular weight is 354 g/mol. The zero-order valence-corrected chi connectivity index (χ0v) is 16.8. The van der Waals surface area contributed by atoms with E-state index in [9.17, 15) is 0 Å². The van der Waals surface area contributed by atoms with Crippen molar-refractivity contribution in [3.63, 3.8) is 0 Å². The summed E-state index contributed by atoms with van der Waals surface area (Å²) in [6.07, 6.45) is 8.90. The zero-order valence-electron chi connectivity index (χ0n) is 16.8. The highest BCUT2D eigenvalue weighted by molar-refractivity contribution is 5.13. The van der Waals surface area contributed by atoms with Crippen LogP contribution in [0.1, 0.15) is 76.1 Å². The molecule has 3 aromatic rings. The molecular formula is C22H31N3O. The fourth-order valence-electron chi connectivity index (χ4n) is 1.96. The zero-order chi connectivity index (χ0) is 19.4. The molecule has 0 atom stereocenters. The first kappa shape index (κ1) is 21.6. The van der Waals surface area contributed by atoms with Crippen LogP contribution in [0.2, 0.25) is 0 Å². The summed E-state index contributed by atoms with van der Waals surface area (Å²) in [5.41, 5.74) is 3.67. The lowest BCUT2D eigenvalue weighted by molar-refractivity contribution is 0.418. The van der Waals surface area contributed by atoms with E-state index in [1.54, 1.807) is 12.5 Å². The van der Waals surface area contributed by atoms with E-state index in [0.717, 1.165) is 11.3 Å². The number of rotatable bonds is 3. The predicted octanol–water partition coefficient (Wildman–Crippen LogP) is 6.21. The van der Waals surface area contributed by atoms with Crippen LogP contribution in [0.3, 0.4) is 0 Å². The van der Waals surface area contributed by atoms with Crippen LogP contribution < -0.4 is 0 Å². The van der Waals surface area contributed by atoms with Crippen molar-refractivity contribution in [2.75, 3.05) is 0 Å². The lowest BCUT2D eigenvalue weighted by atomic mass is 10.1. The molecular weight excluding hydrogens is 322 g/mol. The quantitative estimate of drug-likeness (QED) is 0.562. The van der Waals surface area contributed by atoms with Gasteiger partial charge >= 0.3 is 0 Å². The van der Waals surface area contributed by atoms with Gasteiger partial charge in [0.2, 0.25) is 0 Å². The van der Waals surface area contributed by atoms with Crippen molar-refractivity contribution in [3.05, 3.63) is 78.2 Å². The maximum absolute atomic E-state index is 4.63. The van der Waals surface area contributed by atoms with Gasteiger partial charge in [-0.2, -0.15) is 0 Å². The number of hydrogen-bond donors (Lipinski definition) is 0. The first-order chi connectivity index (χ1) is 12.4. The minimum absolute atomic E-state index is 0.529. The summed E-state index contributed by atoms with van der Waals surface area (Å²) in [6.45, 7) is 12.8. The van der Waals surface area contributed by atoms with Crippen molar-refractivity contribution in [2.45, 2.75) is 59.3 Å². The Bertz CT molecular complexity index is 634. The summed E-state index contributed by atoms with van der Waals surface area (Å²) in [4.78, 5) is 8.11. The van der Waals surface area contributed by atoms with Gasteiger partial charge in [0, 0.05) is 29.8 Å². The van der Waals surface area contributed by atoms with E-state index in [4.69, 9.17) is 0 Å². The van der Waals surface area contributed by atoms with Gasteiger partial charge in [0.05, 0.1) is 6.20 Å². The van der Waals surface area contributed by atoms with Gasteiger partial charge in [-0.25, -0.2) is 0 Å². The van der Waals surface area contributed by atoms with Crippen molar-refractivity contribution in [2.24, 2.45) is 0 Å². The third-order valence-corrected chi connectivity index (χ3v) is 3.77. The van der Waals surface area contributed by atoms with E-state index < -0.39 is 0 Å². The summed E-state index contributed by atoms with van der Waals surface area (Å²) in [5.74, 6) is 1.69. The van der Waals surface area contributed by atoms with E-state index in [0.29, 0.717) is 17.8 Å². The maximum Gasteiger partial charge on any atom is 0.127 e. The molecule has 3 rings (SSSR count). The Morgan fingerprint density at radius 2 is 1.38 bits per heavy atom. The largest absolute Gasteiger partial charge is 0.364 e. The maximum atomic E-state index is 4.63. The van der Waals surface area contributed by atoms with Gasteiger partial charge in [-0.05, 0) is 47.6 Å². The Hall–Kier alpha value is -2.49. The van der Waals surface area contributed by atoms with Gasteiger partial charge in [-0.15, -0.1) is 0 Å². The minimum atomic E-state index is 0.529. The van der Waals surface area contributed by atoms with Crippen LogP contribution in [-0.4, -0.2) is 15.1 Å². The van der Waals surface area contributed by atoms with Crippen molar-refractivity contribution >= 4 is 0 Å². The Morgan fingerprint density at radius 3 is 1.69 bits per heavy atom. The van der Waals surface area contributed by atoms with Crippen LogP contribution in [-0.2, 0) is 0 Å². The molecule has 0 aliphatic heterocycles. The van der Waals surface area contributed by atoms with Crippen LogP contribution >= 0.6 is 0 Å². The monoisotopic (exact) mass is 353 g/mol. The van der Waals surface area contributed by atoms with Gasteiger partial charge < -0.3 is 4.52 Å². The van der Waals surface area contributed by atoms with E-state index in [1.807, 2.05) is 48.9 Å². The SMILES string of the molecule is CC(C)c1ccccn1.CC(C)c1ccncc1.CC(C)c1cnoc1. The Labute approximate surface area is 157 Å². The Kier molecular flexibility index (Phi) is 9.91. The van der Waals surface area contributed by atoms with Gasteiger partial charge in [-0.1, -0.05) is 52.8 Å². The molecule has 0 radical (unpaired) electrons. The molecule has 0 N–H and O–H groups in total. The second-order valence-electron chi connectivity index (χ2n) is 6.96. The van der Waals surface area contributed by atoms with Crippen molar-refractivity contribution in [3.8, 4) is 0 Å². The molecule has 140 valence electrons. The van der Waals surface area contributed by atoms with E-state index in [1.165, 1.54) is 5.56 Å². The molecule has 0 saturated heterocycles. The number of nitrogens with zero attached hydrogens (tertiary/aromatic N) is 3. The summed E-state index contributed by atoms with van der Waals surface area (Å²) in [5, 5.41) is 3.57. The third-order valence-electron chi connectivity index (χ3n) is 3.77. The lowest BCUT2D eigenvalue weighted by Crippen LogP contribution is -1.88. The molecule has 3 heterocycles. The first-order valence-electron chi connectivity index (χ1n) is 9.11. The molecule has 4 nitrogen and oxygen atoms in total. The van der Waals surface area contributed by atoms with E-state index >= 15 is 0 Å². The fraction of sp³-hybridized carbons (Fsp3) is 0.409. The molecule has 0 saturated carbocycles. The first-order valence-corrected chi connectivity index (χ1v) is 9.11. The molecule has 0 fully saturated rings. The highest BCUT2D eigenvalue weighted by atomic mass is 16.5. The van der Waals surface area contributed by atoms with Gasteiger partial charge in [0.25, 0.3) is 0 Å². The Balaban J connectivity index is 0.000000195. The fourth-order valence-corrected chi connectivity index (χ4v) is 1.96. The summed E-state index contributed by atoms with van der Waals surface area (Å²) < 4.78 is 4.63. The second-order valence-corrected chi connectivity index (χ2v) is 6.96. The third kappa shape index (κ3) is 8.56. The predicted molar refractivity (Wildman–Crippen MR) is 107 cm³/mol. The van der Waals surface area contributed by atoms with Crippen LogP contribution in [0.5, 0.6) is 0 Å². The number of aromatic nitrogens is 3. The molecule has 26 heavy (non-hydrogen) atoms. The van der Waals surface area contributed by atoms with Crippen LogP contribution in [0.4, 0.5) is 0 Å². The average Bonchev–Trinajstić information content (AvgIpc) is 3.19. The lowest BCUT2D eigenvalue weighted by Gasteiger charge is -2.01. The van der Waals surface area contributed by atoms with E-state index in [2.05, 4.69) is 61.2 Å². The number of hydrogen-bond acceptors (Lipinski definition) is 4. The molecule has 0 spiro atoms. The smallest absolute Gasteiger partial charge is 0.127 e. The molecule has 0 aromatic carbocycles. The number of pyridine rings is 2. The molecule has 0 unspecified atom stereocenters. The summed E-state index contributed by atoms with van der Waals surface area (Å²) in [7, 11) is 0. The summed E-state index contributed by atoms with van der Waals surface area (Å²) >= 11 is 0. The standard InChI is InChI=1S/2C8H11N.C6H9NO/c1-7(2)8-3-5-9-6-4-8;1-7(2)8-5-3-4-6-9-8;1-5(2)6-3-7-8-4-6/h2*3-7H,1-2H3;3-5H,1-2H3. The molecule has 0 bridgehead atoms. The van der Waals surface area contributed by atoms with Gasteiger partial charge in [0.1, 0.15) is 6.26 Å². The second kappa shape index (κ2) is 12.0. The van der Waals surface area contributed by atoms with Gasteiger partial charge in [-0.3, -0.25) is 9.97 Å². The molecule has 0 amide bonds. The normalized spacial score (nSPS) is 10.2. The van der Waals surface area contributed by atoms with Crippen LogP contribution in [0.15, 0.2) is 65.9 Å². The topological polar surface area (TPSA) is 51.8 Å². The molecule has 0 aliphatic rings. The Morgan fingerprint density at radius 1 is 0.731 bits per heavy atom. The molecule has 4 heteroatoms. The van der Waals surface area contributed by atoms with Crippen molar-refractivity contribution < 1.29 is 4.52 Å². The van der Waals surface area contributed by atoms with E-state index in [-0.39, 0.29) is 0 Å². The highest BCUT2D eigenvalue weighted by Gasteiger charge is 1.98.